The third kappa shape index (κ3) is 9.60. The van der Waals surface area contributed by atoms with E-state index in [1.54, 1.807) is 0 Å². The molecule has 13 fully saturated rings. The molecule has 0 amide bonds. The third-order valence-corrected chi connectivity index (χ3v) is 59.8. The van der Waals surface area contributed by atoms with Crippen LogP contribution in [0.25, 0.3) is 0 Å². The van der Waals surface area contributed by atoms with E-state index < -0.39 is 79.1 Å². The Bertz CT molecular complexity index is 1600. The summed E-state index contributed by atoms with van der Waals surface area (Å²) in [4.78, 5) is 0. The second-order valence-electron chi connectivity index (χ2n) is 24.3. The Balaban J connectivity index is 1.20. The molecule has 24 heteroatoms. The molecule has 7 saturated carbocycles. The predicted molar refractivity (Wildman–Crippen MR) is 282 cm³/mol. The molecule has 0 aromatic heterocycles. The van der Waals surface area contributed by atoms with Crippen LogP contribution in [0.3, 0.4) is 0 Å². The van der Waals surface area contributed by atoms with Gasteiger partial charge in [-0.3, -0.25) is 9.34 Å². The van der Waals surface area contributed by atoms with Crippen LogP contribution >= 0.6 is 8.45 Å². The normalized spacial score (nSPS) is 45.0. The highest BCUT2D eigenvalue weighted by Crippen LogP contribution is 2.66. The summed E-state index contributed by atoms with van der Waals surface area (Å²) in [7, 11) is -26.5. The third-order valence-electron chi connectivity index (χ3n) is 19.0. The Labute approximate surface area is 431 Å². The molecule has 0 N–H and O–H groups in total. The van der Waals surface area contributed by atoms with Crippen molar-refractivity contribution >= 4 is 79.1 Å². The highest BCUT2D eigenvalue weighted by atomic mass is 31.2. The summed E-state index contributed by atoms with van der Waals surface area (Å²) in [6.45, 7) is 0. The molecule has 7 aliphatic carbocycles. The summed E-state index contributed by atoms with van der Waals surface area (Å²) in [5.41, 5.74) is -0.133. The van der Waals surface area contributed by atoms with Crippen LogP contribution in [0.5, 0.6) is 0 Å². The van der Waals surface area contributed by atoms with Crippen LogP contribution in [0.4, 0.5) is 0 Å². The Morgan fingerprint density at radius 3 is 0.571 bits per heavy atom. The minimum atomic E-state index is -4.62. The number of rotatable bonds is 11. The van der Waals surface area contributed by atoms with E-state index in [1.807, 2.05) is 0 Å². The molecule has 6 heterocycles. The molecule has 6 aliphatic heterocycles. The maximum Gasteiger partial charge on any atom is 0.662 e. The fraction of sp³-hybridized carbons (Fsp3) is 1.00. The van der Waals surface area contributed by atoms with Gasteiger partial charge in [0.25, 0.3) is 0 Å². The molecular weight excluding hydrogens is 1040 g/mol. The molecule has 15 nitrogen and oxygen atoms in total. The zero-order valence-corrected chi connectivity index (χ0v) is 52.3. The van der Waals surface area contributed by atoms with Gasteiger partial charge >= 0.3 is 70.7 Å². The lowest BCUT2D eigenvalue weighted by atomic mass is 10.0. The van der Waals surface area contributed by atoms with Gasteiger partial charge in [-0.2, -0.15) is 0 Å². The molecule has 398 valence electrons. The molecule has 0 radical (unpaired) electrons. The van der Waals surface area contributed by atoms with Gasteiger partial charge in [0, 0.05) is 38.8 Å². The highest BCUT2D eigenvalue weighted by molar-refractivity contribution is 7.49. The van der Waals surface area contributed by atoms with Crippen LogP contribution in [-0.4, -0.2) is 108 Å². The summed E-state index contributed by atoms with van der Waals surface area (Å²) >= 11 is 0. The van der Waals surface area contributed by atoms with E-state index in [-0.39, 0.29) is 38.8 Å². The van der Waals surface area contributed by atoms with Crippen LogP contribution in [0, 0.1) is 0 Å². The van der Waals surface area contributed by atoms with Crippen LogP contribution < -0.4 is 0 Å². The zero-order valence-electron chi connectivity index (χ0n) is 43.4. The molecule has 6 saturated heterocycles. The van der Waals surface area contributed by atoms with E-state index in [9.17, 15) is 0 Å². The summed E-state index contributed by atoms with van der Waals surface area (Å²) < 4.78 is 116. The van der Waals surface area contributed by atoms with Gasteiger partial charge in [-0.15, -0.1) is 0 Å². The van der Waals surface area contributed by atoms with E-state index in [0.29, 0.717) is 0 Å². The molecule has 13 rings (SSSR count). The molecule has 0 spiro atoms. The van der Waals surface area contributed by atoms with Crippen molar-refractivity contribution in [3.8, 4) is 0 Å². The minimum Gasteiger partial charge on any atom is -0.373 e. The topological polar surface area (TPSA) is 126 Å². The van der Waals surface area contributed by atoms with Crippen molar-refractivity contribution in [2.75, 3.05) is 28.2 Å². The lowest BCUT2D eigenvalue weighted by molar-refractivity contribution is -0.0652. The monoisotopic (exact) mass is 1130 g/mol. The van der Waals surface area contributed by atoms with E-state index in [2.05, 4.69) is 37.5 Å². The van der Waals surface area contributed by atoms with Gasteiger partial charge in [-0.25, -0.2) is 0 Å². The molecule has 0 unspecified atom stereocenters. The fourth-order valence-corrected chi connectivity index (χ4v) is 73.0. The standard InChI is InChI=1S/C46H89N2O13PSi8/c1-47(2)62(48(3)4)49-70-59-67(44-34-20-9-21-35-44)53-64(41-28-14-6-15-29-41)50-63(40-26-12-5-13-27-40)51-65(55-67,42-30-16-7-17-31-42)57-69(61-70,46-38-24-11-25-39-46)58-66(52-63,43-32-18-8-19-33-43)56-68(54-64,60-70)45-36-22-10-23-37-45/h40-46H,5-39H2,1-4H3. The van der Waals surface area contributed by atoms with Crippen LogP contribution in [0.15, 0.2) is 0 Å². The van der Waals surface area contributed by atoms with Gasteiger partial charge in [0.2, 0.25) is 0 Å². The van der Waals surface area contributed by atoms with Crippen LogP contribution in [0.2, 0.25) is 38.8 Å². The van der Waals surface area contributed by atoms with E-state index in [4.69, 9.17) is 53.6 Å². The van der Waals surface area contributed by atoms with Crippen molar-refractivity contribution in [2.45, 2.75) is 264 Å². The number of nitrogens with zero attached hydrogens (tertiary/aromatic N) is 2. The second-order valence-corrected chi connectivity index (χ2v) is 52.1. The second kappa shape index (κ2) is 21.0. The Morgan fingerprint density at radius 1 is 0.257 bits per heavy atom. The first-order chi connectivity index (χ1) is 34.0. The smallest absolute Gasteiger partial charge is 0.373 e. The average Bonchev–Trinajstić information content (AvgIpc) is 3.37. The Kier molecular flexibility index (Phi) is 15.7. The first-order valence-corrected chi connectivity index (χ1v) is 44.6. The number of hydrogen-bond donors (Lipinski definition) is 0. The highest BCUT2D eigenvalue weighted by Gasteiger charge is 2.89. The number of hydrogen-bond acceptors (Lipinski definition) is 15. The molecule has 0 aromatic carbocycles. The molecular formula is C46H89N2O13PSi8. The lowest BCUT2D eigenvalue weighted by Gasteiger charge is -2.67. The van der Waals surface area contributed by atoms with Crippen molar-refractivity contribution in [3.63, 3.8) is 0 Å². The predicted octanol–water partition coefficient (Wildman–Crippen LogP) is 13.0. The first kappa shape index (κ1) is 52.3. The van der Waals surface area contributed by atoms with Gasteiger partial charge in [-0.1, -0.05) is 135 Å². The van der Waals surface area contributed by atoms with Gasteiger partial charge in [0.05, 0.1) is 0 Å². The fourth-order valence-electron chi connectivity index (χ4n) is 15.4. The van der Waals surface area contributed by atoms with Crippen molar-refractivity contribution in [1.29, 1.82) is 0 Å². The molecule has 70 heavy (non-hydrogen) atoms. The van der Waals surface area contributed by atoms with Crippen LogP contribution in [-0.2, 0) is 53.6 Å². The Morgan fingerprint density at radius 2 is 0.414 bits per heavy atom. The minimum absolute atomic E-state index is 0.00189. The van der Waals surface area contributed by atoms with Crippen LogP contribution in [0.1, 0.15) is 225 Å². The van der Waals surface area contributed by atoms with E-state index in [0.717, 1.165) is 180 Å². The summed E-state index contributed by atoms with van der Waals surface area (Å²) in [5.74, 6) is 0. The average molecular weight is 1130 g/mol. The van der Waals surface area contributed by atoms with Crippen molar-refractivity contribution < 1.29 is 53.6 Å². The SMILES string of the molecule is CN(C)P(O[Si]12O[Si]3(C4CCCCC4)O[Si]4(C5CCCCC5)O[Si](C5CCCCC5)(O1)O[Si]1(C5CCCCC5)O[Si](C5CCCCC5)(O2)O[Si](C2CCCCC2)(O3)O[Si](C2CCCCC2)(O4)O1)N(C)C. The molecule has 0 atom stereocenters. The summed E-state index contributed by atoms with van der Waals surface area (Å²) in [5, 5.41) is 0. The molecule has 8 bridgehead atoms. The van der Waals surface area contributed by atoms with Crippen molar-refractivity contribution in [2.24, 2.45) is 0 Å². The molecule has 13 aliphatic rings. The first-order valence-electron chi connectivity index (χ1n) is 29.2. The maximum atomic E-state index is 8.73. The Hall–Kier alpha value is 1.57. The largest absolute Gasteiger partial charge is 0.662 e. The van der Waals surface area contributed by atoms with E-state index in [1.165, 1.54) is 44.9 Å². The van der Waals surface area contributed by atoms with E-state index >= 15 is 0 Å². The summed E-state index contributed by atoms with van der Waals surface area (Å²) in [6, 6.07) is 0. The lowest BCUT2D eigenvalue weighted by Crippen LogP contribution is -2.91. The zero-order chi connectivity index (χ0) is 47.7. The van der Waals surface area contributed by atoms with Gasteiger partial charge in [0.15, 0.2) is 8.45 Å². The van der Waals surface area contributed by atoms with Gasteiger partial charge < -0.3 is 53.6 Å². The van der Waals surface area contributed by atoms with Crippen molar-refractivity contribution in [1.82, 2.24) is 9.34 Å². The summed E-state index contributed by atoms with van der Waals surface area (Å²) in [6.07, 6.45) is 36.7. The maximum absolute atomic E-state index is 8.73. The molecule has 0 aromatic rings. The van der Waals surface area contributed by atoms with Gasteiger partial charge in [-0.05, 0) is 118 Å². The van der Waals surface area contributed by atoms with Gasteiger partial charge in [0.1, 0.15) is 0 Å². The quantitative estimate of drug-likeness (QED) is 0.144. The van der Waals surface area contributed by atoms with Crippen molar-refractivity contribution in [3.05, 3.63) is 0 Å².